The minimum atomic E-state index is -3.71. The molecule has 0 spiro atoms. The van der Waals surface area contributed by atoms with E-state index in [1.807, 2.05) is 32.0 Å². The van der Waals surface area contributed by atoms with Crippen LogP contribution in [0.5, 0.6) is 0 Å². The van der Waals surface area contributed by atoms with E-state index in [1.54, 1.807) is 36.5 Å². The van der Waals surface area contributed by atoms with Gasteiger partial charge in [-0.05, 0) is 79.8 Å². The molecule has 3 heterocycles. The van der Waals surface area contributed by atoms with Crippen molar-refractivity contribution in [3.8, 4) is 0 Å². The summed E-state index contributed by atoms with van der Waals surface area (Å²) in [6.07, 6.45) is 5.12. The topological polar surface area (TPSA) is 92.7 Å². The molecule has 0 saturated carbocycles. The molecule has 0 bridgehead atoms. The minimum Gasteiger partial charge on any atom is -0.377 e. The van der Waals surface area contributed by atoms with Crippen LogP contribution in [0.15, 0.2) is 65.8 Å². The van der Waals surface area contributed by atoms with Crippen molar-refractivity contribution in [1.29, 1.82) is 0 Å². The van der Waals surface area contributed by atoms with E-state index in [4.69, 9.17) is 9.72 Å². The van der Waals surface area contributed by atoms with Gasteiger partial charge in [-0.1, -0.05) is 23.5 Å². The van der Waals surface area contributed by atoms with Gasteiger partial charge in [0.15, 0.2) is 5.13 Å². The monoisotopic (exact) mass is 550 g/mol. The lowest BCUT2D eigenvalue weighted by Crippen LogP contribution is -2.34. The van der Waals surface area contributed by atoms with Gasteiger partial charge in [-0.15, -0.1) is 0 Å². The Bertz CT molecular complexity index is 1550. The van der Waals surface area contributed by atoms with Crippen LogP contribution in [0.25, 0.3) is 10.2 Å². The average Bonchev–Trinajstić information content (AvgIpc) is 3.60. The molecule has 1 amide bonds. The second kappa shape index (κ2) is 10.9. The lowest BCUT2D eigenvalue weighted by Gasteiger charge is -2.21. The molecule has 8 nitrogen and oxygen atoms in total. The number of hydrogen-bond donors (Lipinski definition) is 0. The molecule has 2 aromatic carbocycles. The normalized spacial score (nSPS) is 15.8. The smallest absolute Gasteiger partial charge is 0.260 e. The van der Waals surface area contributed by atoms with E-state index in [1.165, 1.54) is 27.8 Å². The molecular weight excluding hydrogens is 520 g/mol. The number of thiazole rings is 1. The Labute approximate surface area is 227 Å². The number of amides is 1. The van der Waals surface area contributed by atoms with Gasteiger partial charge in [-0.2, -0.15) is 4.31 Å². The molecule has 10 heteroatoms. The first-order valence-electron chi connectivity index (χ1n) is 12.5. The highest BCUT2D eigenvalue weighted by atomic mass is 32.2. The predicted octanol–water partition coefficient (Wildman–Crippen LogP) is 4.95. The number of ether oxygens (including phenoxy) is 1. The molecular formula is C28H30N4O4S2. The fourth-order valence-corrected chi connectivity index (χ4v) is 6.73. The third kappa shape index (κ3) is 5.35. The van der Waals surface area contributed by atoms with Gasteiger partial charge >= 0.3 is 0 Å². The summed E-state index contributed by atoms with van der Waals surface area (Å²) in [6, 6.07) is 13.9. The summed E-state index contributed by atoms with van der Waals surface area (Å²) in [5.41, 5.74) is 4.34. The van der Waals surface area contributed by atoms with Crippen LogP contribution in [-0.2, 0) is 21.3 Å². The molecule has 38 heavy (non-hydrogen) atoms. The third-order valence-corrected chi connectivity index (χ3v) is 9.79. The number of carbonyl (C=O) groups excluding carboxylic acids is 1. The van der Waals surface area contributed by atoms with Gasteiger partial charge in [-0.3, -0.25) is 14.7 Å². The molecule has 1 atom stereocenters. The van der Waals surface area contributed by atoms with Crippen molar-refractivity contribution in [2.24, 2.45) is 0 Å². The third-order valence-electron chi connectivity index (χ3n) is 6.91. The van der Waals surface area contributed by atoms with Crippen molar-refractivity contribution in [2.45, 2.75) is 44.2 Å². The zero-order valence-corrected chi connectivity index (χ0v) is 23.3. The van der Waals surface area contributed by atoms with E-state index < -0.39 is 10.0 Å². The van der Waals surface area contributed by atoms with Gasteiger partial charge in [0.1, 0.15) is 0 Å². The fraction of sp³-hybridized carbons (Fsp3) is 0.321. The van der Waals surface area contributed by atoms with E-state index in [0.29, 0.717) is 23.8 Å². The zero-order chi connectivity index (χ0) is 26.9. The van der Waals surface area contributed by atoms with E-state index in [2.05, 4.69) is 11.1 Å². The lowest BCUT2D eigenvalue weighted by atomic mass is 10.1. The summed E-state index contributed by atoms with van der Waals surface area (Å²) in [5, 5.41) is 0.579. The van der Waals surface area contributed by atoms with Crippen LogP contribution in [0.3, 0.4) is 0 Å². The van der Waals surface area contributed by atoms with Crippen molar-refractivity contribution in [1.82, 2.24) is 14.3 Å². The minimum absolute atomic E-state index is 0.0853. The number of hydrogen-bond acceptors (Lipinski definition) is 7. The Balaban J connectivity index is 1.44. The highest BCUT2D eigenvalue weighted by Crippen LogP contribution is 2.33. The number of carbonyl (C=O) groups is 1. The van der Waals surface area contributed by atoms with Crippen molar-refractivity contribution < 1.29 is 17.9 Å². The summed E-state index contributed by atoms with van der Waals surface area (Å²) in [6.45, 7) is 5.33. The number of pyridine rings is 1. The standard InChI is InChI=1S/C28H30N4O4S2/c1-19-8-13-25-26(20(19)2)30-28(37-25)32(17-21-6-4-14-29-16-21)27(33)22-9-11-24(12-10-22)38(34,35)31(3)18-23-7-5-15-36-23/h4,6,8-14,16,23H,5,7,15,17-18H2,1-3H3. The van der Waals surface area contributed by atoms with Gasteiger partial charge in [0.05, 0.1) is 27.8 Å². The molecule has 0 aliphatic carbocycles. The van der Waals surface area contributed by atoms with Crippen LogP contribution in [0.2, 0.25) is 0 Å². The van der Waals surface area contributed by atoms with E-state index in [0.717, 1.165) is 39.7 Å². The number of rotatable bonds is 8. The van der Waals surface area contributed by atoms with Crippen LogP contribution >= 0.6 is 11.3 Å². The molecule has 0 N–H and O–H groups in total. The van der Waals surface area contributed by atoms with Gasteiger partial charge in [0.2, 0.25) is 10.0 Å². The SMILES string of the molecule is Cc1ccc2sc(N(Cc3cccnc3)C(=O)c3ccc(S(=O)(=O)N(C)CC4CCCO4)cc3)nc2c1C. The van der Waals surface area contributed by atoms with Gasteiger partial charge in [0, 0.05) is 38.2 Å². The first-order valence-corrected chi connectivity index (χ1v) is 14.7. The van der Waals surface area contributed by atoms with Crippen LogP contribution in [-0.4, -0.2) is 54.9 Å². The predicted molar refractivity (Wildman–Crippen MR) is 149 cm³/mol. The van der Waals surface area contributed by atoms with E-state index in [-0.39, 0.29) is 23.5 Å². The number of fused-ring (bicyclic) bond motifs is 1. The molecule has 1 aliphatic rings. The molecule has 1 unspecified atom stereocenters. The largest absolute Gasteiger partial charge is 0.377 e. The molecule has 2 aromatic heterocycles. The number of likely N-dealkylation sites (N-methyl/N-ethyl adjacent to an activating group) is 1. The molecule has 4 aromatic rings. The first kappa shape index (κ1) is 26.4. The zero-order valence-electron chi connectivity index (χ0n) is 21.6. The lowest BCUT2D eigenvalue weighted by molar-refractivity contribution is 0.0978. The van der Waals surface area contributed by atoms with E-state index >= 15 is 0 Å². The number of aromatic nitrogens is 2. The molecule has 198 valence electrons. The Morgan fingerprint density at radius 1 is 1.13 bits per heavy atom. The van der Waals surface area contributed by atoms with Crippen LogP contribution in [0, 0.1) is 13.8 Å². The Hall–Kier alpha value is -3.18. The van der Waals surface area contributed by atoms with Crippen molar-refractivity contribution in [2.75, 3.05) is 25.1 Å². The summed E-state index contributed by atoms with van der Waals surface area (Å²) < 4.78 is 34.1. The van der Waals surface area contributed by atoms with Gasteiger partial charge in [-0.25, -0.2) is 13.4 Å². The molecule has 0 radical (unpaired) electrons. The highest BCUT2D eigenvalue weighted by molar-refractivity contribution is 7.89. The number of nitrogens with zero attached hydrogens (tertiary/aromatic N) is 4. The molecule has 1 aliphatic heterocycles. The summed E-state index contributed by atoms with van der Waals surface area (Å²) in [5.74, 6) is -0.265. The average molecular weight is 551 g/mol. The van der Waals surface area contributed by atoms with Gasteiger partial charge in [0.25, 0.3) is 5.91 Å². The Kier molecular flexibility index (Phi) is 7.58. The van der Waals surface area contributed by atoms with Crippen LogP contribution in [0.1, 0.15) is 39.9 Å². The maximum atomic E-state index is 13.8. The van der Waals surface area contributed by atoms with E-state index in [9.17, 15) is 13.2 Å². The summed E-state index contributed by atoms with van der Waals surface area (Å²) in [7, 11) is -2.15. The van der Waals surface area contributed by atoms with Crippen molar-refractivity contribution in [3.63, 3.8) is 0 Å². The fourth-order valence-electron chi connectivity index (χ4n) is 4.51. The van der Waals surface area contributed by atoms with Crippen LogP contribution < -0.4 is 4.90 Å². The van der Waals surface area contributed by atoms with Crippen LogP contribution in [0.4, 0.5) is 5.13 Å². The molecule has 5 rings (SSSR count). The Morgan fingerprint density at radius 2 is 1.92 bits per heavy atom. The van der Waals surface area contributed by atoms with Crippen molar-refractivity contribution >= 4 is 42.6 Å². The quantitative estimate of drug-likeness (QED) is 0.308. The number of sulfonamides is 1. The number of benzene rings is 2. The number of anilines is 1. The molecule has 1 fully saturated rings. The summed E-state index contributed by atoms with van der Waals surface area (Å²) >= 11 is 1.46. The highest BCUT2D eigenvalue weighted by Gasteiger charge is 2.27. The number of aryl methyl sites for hydroxylation is 2. The first-order chi connectivity index (χ1) is 18.2. The summed E-state index contributed by atoms with van der Waals surface area (Å²) in [4.78, 5) is 24.6. The second-order valence-corrected chi connectivity index (χ2v) is 12.6. The molecule has 1 saturated heterocycles. The second-order valence-electron chi connectivity index (χ2n) is 9.55. The maximum absolute atomic E-state index is 13.8. The maximum Gasteiger partial charge on any atom is 0.260 e. The van der Waals surface area contributed by atoms with Gasteiger partial charge < -0.3 is 4.74 Å². The van der Waals surface area contributed by atoms with Crippen molar-refractivity contribution in [3.05, 3.63) is 83.2 Å². The Morgan fingerprint density at radius 3 is 2.61 bits per heavy atom.